The van der Waals surface area contributed by atoms with Crippen molar-refractivity contribution < 1.29 is 22.8 Å². The maximum absolute atomic E-state index is 12.8. The molecule has 0 atom stereocenters. The number of hydrogen-bond donors (Lipinski definition) is 2. The number of nitrogens with one attached hydrogen (secondary N) is 2. The number of nitrogens with zero attached hydrogens (tertiary/aromatic N) is 4. The Balaban J connectivity index is 1.66. The van der Waals surface area contributed by atoms with Crippen LogP contribution in [-0.4, -0.2) is 26.6 Å². The number of amides is 2. The SMILES string of the molecule is N#Cc1ncn(CC(=O)Nc2cccc(C(=O)Nc3cccc(C(F)(F)F)c3)c2)n1. The number of carbonyl (C=O) groups excluding carboxylic acids is 2. The van der Waals surface area contributed by atoms with E-state index in [9.17, 15) is 22.8 Å². The summed E-state index contributed by atoms with van der Waals surface area (Å²) < 4.78 is 39.6. The van der Waals surface area contributed by atoms with Gasteiger partial charge in [-0.2, -0.15) is 18.4 Å². The molecule has 0 aliphatic heterocycles. The highest BCUT2D eigenvalue weighted by Gasteiger charge is 2.30. The Bertz CT molecular complexity index is 1130. The Morgan fingerprint density at radius 2 is 1.77 bits per heavy atom. The third-order valence-electron chi connectivity index (χ3n) is 3.80. The van der Waals surface area contributed by atoms with E-state index in [0.29, 0.717) is 5.69 Å². The third kappa shape index (κ3) is 5.20. The zero-order valence-corrected chi connectivity index (χ0v) is 15.1. The molecule has 1 aromatic heterocycles. The van der Waals surface area contributed by atoms with Crippen molar-refractivity contribution in [2.75, 3.05) is 10.6 Å². The summed E-state index contributed by atoms with van der Waals surface area (Å²) in [4.78, 5) is 28.2. The topological polar surface area (TPSA) is 113 Å². The van der Waals surface area contributed by atoms with E-state index in [1.54, 1.807) is 12.1 Å². The summed E-state index contributed by atoms with van der Waals surface area (Å²) in [5.41, 5.74) is -0.451. The Kier molecular flexibility index (Phi) is 5.78. The number of rotatable bonds is 5. The van der Waals surface area contributed by atoms with E-state index in [-0.39, 0.29) is 23.6 Å². The third-order valence-corrected chi connectivity index (χ3v) is 3.80. The van der Waals surface area contributed by atoms with Gasteiger partial charge in [-0.1, -0.05) is 12.1 Å². The van der Waals surface area contributed by atoms with Gasteiger partial charge in [0.1, 0.15) is 18.9 Å². The first kappa shape index (κ1) is 20.5. The zero-order valence-electron chi connectivity index (χ0n) is 15.1. The largest absolute Gasteiger partial charge is 0.416 e. The molecule has 3 aromatic rings. The minimum Gasteiger partial charge on any atom is -0.324 e. The lowest BCUT2D eigenvalue weighted by Crippen LogP contribution is -2.19. The molecule has 0 saturated heterocycles. The minimum atomic E-state index is -4.52. The van der Waals surface area contributed by atoms with Gasteiger partial charge in [0.2, 0.25) is 5.91 Å². The maximum atomic E-state index is 12.8. The predicted molar refractivity (Wildman–Crippen MR) is 99.2 cm³/mol. The number of benzene rings is 2. The minimum absolute atomic E-state index is 0.0104. The molecule has 0 unspecified atom stereocenters. The van der Waals surface area contributed by atoms with Crippen molar-refractivity contribution in [1.29, 1.82) is 5.26 Å². The Morgan fingerprint density at radius 3 is 2.43 bits per heavy atom. The van der Waals surface area contributed by atoms with E-state index in [0.717, 1.165) is 12.1 Å². The van der Waals surface area contributed by atoms with Crippen LogP contribution < -0.4 is 10.6 Å². The molecule has 0 bridgehead atoms. The molecule has 0 fully saturated rings. The Hall–Kier alpha value is -4.20. The van der Waals surface area contributed by atoms with Crippen molar-refractivity contribution in [3.05, 3.63) is 71.8 Å². The van der Waals surface area contributed by atoms with Crippen LogP contribution in [0.2, 0.25) is 0 Å². The highest BCUT2D eigenvalue weighted by atomic mass is 19.4. The van der Waals surface area contributed by atoms with Gasteiger partial charge >= 0.3 is 6.18 Å². The molecule has 2 aromatic carbocycles. The number of alkyl halides is 3. The number of halogens is 3. The fourth-order valence-electron chi connectivity index (χ4n) is 2.48. The summed E-state index contributed by atoms with van der Waals surface area (Å²) in [5, 5.41) is 17.4. The van der Waals surface area contributed by atoms with Crippen LogP contribution in [0.5, 0.6) is 0 Å². The fourth-order valence-corrected chi connectivity index (χ4v) is 2.48. The van der Waals surface area contributed by atoms with Gasteiger partial charge in [-0.15, -0.1) is 5.10 Å². The number of nitriles is 1. The van der Waals surface area contributed by atoms with Crippen LogP contribution in [0.1, 0.15) is 21.7 Å². The molecule has 2 amide bonds. The van der Waals surface area contributed by atoms with Crippen LogP contribution in [0.4, 0.5) is 24.5 Å². The molecular formula is C19H13F3N6O2. The number of hydrogen-bond acceptors (Lipinski definition) is 5. The van der Waals surface area contributed by atoms with Crippen LogP contribution in [0.25, 0.3) is 0 Å². The van der Waals surface area contributed by atoms with Gasteiger partial charge in [-0.3, -0.25) is 9.59 Å². The monoisotopic (exact) mass is 414 g/mol. The standard InChI is InChI=1S/C19H13F3N6O2/c20-19(21,22)13-4-2-6-15(8-13)26-18(30)12-3-1-5-14(7-12)25-17(29)10-28-11-24-16(9-23)27-28/h1-8,11H,10H2,(H,25,29)(H,26,30). The summed E-state index contributed by atoms with van der Waals surface area (Å²) in [7, 11) is 0. The normalized spacial score (nSPS) is 10.9. The summed E-state index contributed by atoms with van der Waals surface area (Å²) in [6, 6.07) is 11.9. The summed E-state index contributed by atoms with van der Waals surface area (Å²) >= 11 is 0. The first-order valence-corrected chi connectivity index (χ1v) is 8.42. The smallest absolute Gasteiger partial charge is 0.324 e. The highest BCUT2D eigenvalue weighted by Crippen LogP contribution is 2.30. The first-order valence-electron chi connectivity index (χ1n) is 8.42. The quantitative estimate of drug-likeness (QED) is 0.666. The van der Waals surface area contributed by atoms with E-state index in [1.807, 2.05) is 0 Å². The molecule has 0 saturated carbocycles. The first-order chi connectivity index (χ1) is 14.2. The van der Waals surface area contributed by atoms with Gasteiger partial charge in [-0.25, -0.2) is 9.67 Å². The van der Waals surface area contributed by atoms with Crippen molar-refractivity contribution >= 4 is 23.2 Å². The number of aromatic nitrogens is 3. The van der Waals surface area contributed by atoms with Gasteiger partial charge in [0, 0.05) is 16.9 Å². The van der Waals surface area contributed by atoms with Crippen molar-refractivity contribution in [3.63, 3.8) is 0 Å². The fraction of sp³-hybridized carbons (Fsp3) is 0.105. The predicted octanol–water partition coefficient (Wildman–Crippen LogP) is 3.06. The zero-order chi connectivity index (χ0) is 21.7. The molecule has 11 heteroatoms. The van der Waals surface area contributed by atoms with E-state index in [2.05, 4.69) is 20.7 Å². The van der Waals surface area contributed by atoms with Crippen LogP contribution in [0, 0.1) is 11.3 Å². The second kappa shape index (κ2) is 8.44. The van der Waals surface area contributed by atoms with Crippen LogP contribution in [0.15, 0.2) is 54.9 Å². The lowest BCUT2D eigenvalue weighted by molar-refractivity contribution is -0.137. The van der Waals surface area contributed by atoms with E-state index in [1.165, 1.54) is 41.3 Å². The maximum Gasteiger partial charge on any atom is 0.416 e. The average Bonchev–Trinajstić information content (AvgIpc) is 3.15. The molecule has 1 heterocycles. The summed E-state index contributed by atoms with van der Waals surface area (Å²) in [6.45, 7) is -0.199. The van der Waals surface area contributed by atoms with Gasteiger partial charge in [0.15, 0.2) is 0 Å². The van der Waals surface area contributed by atoms with Gasteiger partial charge < -0.3 is 10.6 Å². The Morgan fingerprint density at radius 1 is 1.07 bits per heavy atom. The molecule has 30 heavy (non-hydrogen) atoms. The van der Waals surface area contributed by atoms with E-state index < -0.39 is 23.6 Å². The molecule has 0 spiro atoms. The van der Waals surface area contributed by atoms with Gasteiger partial charge in [0.05, 0.1) is 5.56 Å². The van der Waals surface area contributed by atoms with Crippen LogP contribution in [-0.2, 0) is 17.5 Å². The lowest BCUT2D eigenvalue weighted by Gasteiger charge is -2.11. The van der Waals surface area contributed by atoms with Crippen molar-refractivity contribution in [3.8, 4) is 6.07 Å². The Labute approximate surface area is 168 Å². The van der Waals surface area contributed by atoms with E-state index in [4.69, 9.17) is 5.26 Å². The summed E-state index contributed by atoms with van der Waals surface area (Å²) in [5.74, 6) is -1.18. The van der Waals surface area contributed by atoms with Gasteiger partial charge in [-0.05, 0) is 36.4 Å². The summed E-state index contributed by atoms with van der Waals surface area (Å²) in [6.07, 6.45) is -3.29. The van der Waals surface area contributed by atoms with Crippen LogP contribution in [0.3, 0.4) is 0 Å². The molecule has 0 radical (unpaired) electrons. The lowest BCUT2D eigenvalue weighted by atomic mass is 10.1. The van der Waals surface area contributed by atoms with Crippen LogP contribution >= 0.6 is 0 Å². The second-order valence-electron chi connectivity index (χ2n) is 6.04. The van der Waals surface area contributed by atoms with Crippen molar-refractivity contribution in [1.82, 2.24) is 14.8 Å². The highest BCUT2D eigenvalue weighted by molar-refractivity contribution is 6.05. The van der Waals surface area contributed by atoms with Crippen molar-refractivity contribution in [2.45, 2.75) is 12.7 Å². The molecule has 0 aliphatic rings. The second-order valence-corrected chi connectivity index (χ2v) is 6.04. The van der Waals surface area contributed by atoms with Crippen molar-refractivity contribution in [2.24, 2.45) is 0 Å². The molecule has 2 N–H and O–H groups in total. The molecule has 3 rings (SSSR count). The molecule has 8 nitrogen and oxygen atoms in total. The van der Waals surface area contributed by atoms with E-state index >= 15 is 0 Å². The molecule has 152 valence electrons. The number of carbonyl (C=O) groups is 2. The number of anilines is 2. The molecule has 0 aliphatic carbocycles. The average molecular weight is 414 g/mol. The molecular weight excluding hydrogens is 401 g/mol. The van der Waals surface area contributed by atoms with Gasteiger partial charge in [0.25, 0.3) is 11.7 Å².